The Morgan fingerprint density at radius 2 is 2.21 bits per heavy atom. The maximum Gasteiger partial charge on any atom is 0.0216 e. The average Bonchev–Trinajstić information content (AvgIpc) is 2.58. The molecule has 2 nitrogen and oxygen atoms in total. The van der Waals surface area contributed by atoms with Crippen molar-refractivity contribution in [2.75, 3.05) is 26.7 Å². The van der Waals surface area contributed by atoms with Crippen molar-refractivity contribution in [1.82, 2.24) is 10.2 Å². The van der Waals surface area contributed by atoms with Crippen molar-refractivity contribution >= 4 is 11.3 Å². The smallest absolute Gasteiger partial charge is 0.0216 e. The van der Waals surface area contributed by atoms with Gasteiger partial charge in [0, 0.05) is 19.6 Å². The molecular weight excluding hydrogens is 192 g/mol. The molecule has 0 aromatic carbocycles. The number of rotatable bonds is 6. The number of thiophene rings is 1. The minimum Gasteiger partial charge on any atom is -0.311 e. The van der Waals surface area contributed by atoms with Gasteiger partial charge in [0.05, 0.1) is 0 Å². The van der Waals surface area contributed by atoms with E-state index in [0.717, 1.165) is 26.2 Å². The SMILES string of the molecule is CCN(C)CCNCc1cscc1C. The van der Waals surface area contributed by atoms with Gasteiger partial charge in [-0.15, -0.1) is 0 Å². The summed E-state index contributed by atoms with van der Waals surface area (Å²) < 4.78 is 0. The minimum atomic E-state index is 1.01. The topological polar surface area (TPSA) is 15.3 Å². The second kappa shape index (κ2) is 6.17. The first kappa shape index (κ1) is 11.7. The number of likely N-dealkylation sites (N-methyl/N-ethyl adjacent to an activating group) is 1. The first-order chi connectivity index (χ1) is 6.74. The Balaban J connectivity index is 2.13. The Kier molecular flexibility index (Phi) is 5.15. The molecule has 0 saturated heterocycles. The summed E-state index contributed by atoms with van der Waals surface area (Å²) in [7, 11) is 2.15. The van der Waals surface area contributed by atoms with E-state index in [-0.39, 0.29) is 0 Å². The number of hydrogen-bond acceptors (Lipinski definition) is 3. The molecule has 1 aromatic rings. The third kappa shape index (κ3) is 3.78. The van der Waals surface area contributed by atoms with Crippen molar-refractivity contribution in [1.29, 1.82) is 0 Å². The highest BCUT2D eigenvalue weighted by Crippen LogP contribution is 2.12. The highest BCUT2D eigenvalue weighted by Gasteiger charge is 1.98. The summed E-state index contributed by atoms with van der Waals surface area (Å²) >= 11 is 1.78. The summed E-state index contributed by atoms with van der Waals surface area (Å²) in [5, 5.41) is 7.89. The van der Waals surface area contributed by atoms with Crippen molar-refractivity contribution in [3.63, 3.8) is 0 Å². The molecule has 0 aliphatic heterocycles. The molecule has 0 fully saturated rings. The number of hydrogen-bond donors (Lipinski definition) is 1. The largest absolute Gasteiger partial charge is 0.311 e. The van der Waals surface area contributed by atoms with Gasteiger partial charge >= 0.3 is 0 Å². The van der Waals surface area contributed by atoms with Gasteiger partial charge in [-0.05, 0) is 42.4 Å². The van der Waals surface area contributed by atoms with Gasteiger partial charge in [-0.25, -0.2) is 0 Å². The maximum atomic E-state index is 3.46. The molecule has 0 saturated carbocycles. The van der Waals surface area contributed by atoms with Crippen LogP contribution in [-0.4, -0.2) is 31.6 Å². The van der Waals surface area contributed by atoms with Crippen LogP contribution in [-0.2, 0) is 6.54 Å². The zero-order valence-corrected chi connectivity index (χ0v) is 10.2. The molecular formula is C11H20N2S. The molecule has 0 amide bonds. The van der Waals surface area contributed by atoms with Crippen LogP contribution in [0.4, 0.5) is 0 Å². The second-order valence-corrected chi connectivity index (χ2v) is 4.40. The van der Waals surface area contributed by atoms with Crippen LogP contribution in [0.3, 0.4) is 0 Å². The molecule has 1 heterocycles. The first-order valence-electron chi connectivity index (χ1n) is 5.15. The van der Waals surface area contributed by atoms with Crippen molar-refractivity contribution in [3.8, 4) is 0 Å². The summed E-state index contributed by atoms with van der Waals surface area (Å²) in [6.45, 7) is 8.68. The number of aryl methyl sites for hydroxylation is 1. The van der Waals surface area contributed by atoms with E-state index in [4.69, 9.17) is 0 Å². The third-order valence-electron chi connectivity index (χ3n) is 2.49. The predicted molar refractivity (Wildman–Crippen MR) is 63.9 cm³/mol. The lowest BCUT2D eigenvalue weighted by atomic mass is 10.2. The van der Waals surface area contributed by atoms with Crippen LogP contribution in [0, 0.1) is 6.92 Å². The van der Waals surface area contributed by atoms with Crippen LogP contribution in [0.2, 0.25) is 0 Å². The lowest BCUT2D eigenvalue weighted by Crippen LogP contribution is -2.28. The fraction of sp³-hybridized carbons (Fsp3) is 0.636. The van der Waals surface area contributed by atoms with Crippen molar-refractivity contribution < 1.29 is 0 Å². The Morgan fingerprint density at radius 3 is 2.79 bits per heavy atom. The molecule has 0 bridgehead atoms. The predicted octanol–water partition coefficient (Wildman–Crippen LogP) is 2.10. The normalized spacial score (nSPS) is 11.1. The Labute approximate surface area is 90.9 Å². The van der Waals surface area contributed by atoms with Gasteiger partial charge in [0.15, 0.2) is 0 Å². The fourth-order valence-corrected chi connectivity index (χ4v) is 2.08. The molecule has 0 aliphatic rings. The van der Waals surface area contributed by atoms with Crippen LogP contribution in [0.5, 0.6) is 0 Å². The lowest BCUT2D eigenvalue weighted by molar-refractivity contribution is 0.349. The van der Waals surface area contributed by atoms with E-state index in [2.05, 4.69) is 41.9 Å². The number of nitrogens with zero attached hydrogens (tertiary/aromatic N) is 1. The zero-order chi connectivity index (χ0) is 10.4. The van der Waals surface area contributed by atoms with Crippen LogP contribution >= 0.6 is 11.3 Å². The highest BCUT2D eigenvalue weighted by atomic mass is 32.1. The van der Waals surface area contributed by atoms with Crippen molar-refractivity contribution in [2.24, 2.45) is 0 Å². The molecule has 3 heteroatoms. The van der Waals surface area contributed by atoms with Crippen LogP contribution in [0.15, 0.2) is 10.8 Å². The molecule has 0 unspecified atom stereocenters. The maximum absolute atomic E-state index is 3.46. The van der Waals surface area contributed by atoms with Gasteiger partial charge in [0.2, 0.25) is 0 Å². The van der Waals surface area contributed by atoms with Gasteiger partial charge < -0.3 is 10.2 Å². The second-order valence-electron chi connectivity index (χ2n) is 3.65. The van der Waals surface area contributed by atoms with E-state index in [1.165, 1.54) is 11.1 Å². The molecule has 14 heavy (non-hydrogen) atoms. The lowest BCUT2D eigenvalue weighted by Gasteiger charge is -2.13. The molecule has 0 radical (unpaired) electrons. The van der Waals surface area contributed by atoms with Gasteiger partial charge in [-0.1, -0.05) is 6.92 Å². The Hall–Kier alpha value is -0.380. The van der Waals surface area contributed by atoms with Crippen molar-refractivity contribution in [2.45, 2.75) is 20.4 Å². The van der Waals surface area contributed by atoms with E-state index in [9.17, 15) is 0 Å². The number of nitrogens with one attached hydrogen (secondary N) is 1. The molecule has 1 aromatic heterocycles. The first-order valence-corrected chi connectivity index (χ1v) is 6.09. The summed E-state index contributed by atoms with van der Waals surface area (Å²) in [5.74, 6) is 0. The zero-order valence-electron chi connectivity index (χ0n) is 9.34. The third-order valence-corrected chi connectivity index (χ3v) is 3.40. The molecule has 0 atom stereocenters. The quantitative estimate of drug-likeness (QED) is 0.727. The van der Waals surface area contributed by atoms with E-state index in [1.54, 1.807) is 11.3 Å². The average molecular weight is 212 g/mol. The monoisotopic (exact) mass is 212 g/mol. The van der Waals surface area contributed by atoms with Gasteiger partial charge in [-0.2, -0.15) is 11.3 Å². The van der Waals surface area contributed by atoms with E-state index >= 15 is 0 Å². The summed E-state index contributed by atoms with van der Waals surface area (Å²) in [6.07, 6.45) is 0. The standard InChI is InChI=1S/C11H20N2S/c1-4-13(3)6-5-12-7-11-9-14-8-10(11)2/h8-9,12H,4-7H2,1-3H3. The van der Waals surface area contributed by atoms with Gasteiger partial charge in [0.1, 0.15) is 0 Å². The molecule has 0 aliphatic carbocycles. The molecule has 80 valence electrons. The molecule has 1 rings (SSSR count). The van der Waals surface area contributed by atoms with E-state index in [0.29, 0.717) is 0 Å². The van der Waals surface area contributed by atoms with Gasteiger partial charge in [0.25, 0.3) is 0 Å². The Bertz CT molecular complexity index is 258. The fourth-order valence-electron chi connectivity index (χ4n) is 1.22. The summed E-state index contributed by atoms with van der Waals surface area (Å²) in [6, 6.07) is 0. The summed E-state index contributed by atoms with van der Waals surface area (Å²) in [4.78, 5) is 2.31. The van der Waals surface area contributed by atoms with Crippen LogP contribution < -0.4 is 5.32 Å². The highest BCUT2D eigenvalue weighted by molar-refractivity contribution is 7.08. The molecule has 1 N–H and O–H groups in total. The summed E-state index contributed by atoms with van der Waals surface area (Å²) in [5.41, 5.74) is 2.85. The Morgan fingerprint density at radius 1 is 1.43 bits per heavy atom. The van der Waals surface area contributed by atoms with Crippen LogP contribution in [0.25, 0.3) is 0 Å². The molecule has 0 spiro atoms. The van der Waals surface area contributed by atoms with E-state index < -0.39 is 0 Å². The van der Waals surface area contributed by atoms with Crippen molar-refractivity contribution in [3.05, 3.63) is 21.9 Å². The van der Waals surface area contributed by atoms with E-state index in [1.807, 2.05) is 0 Å². The van der Waals surface area contributed by atoms with Crippen LogP contribution in [0.1, 0.15) is 18.1 Å². The van der Waals surface area contributed by atoms with Gasteiger partial charge in [-0.3, -0.25) is 0 Å². The minimum absolute atomic E-state index is 1.01.